The predicted molar refractivity (Wildman–Crippen MR) is 242 cm³/mol. The molecule has 3 nitrogen and oxygen atoms in total. The molecule has 0 saturated carbocycles. The molecule has 4 aliphatic rings. The predicted octanol–water partition coefficient (Wildman–Crippen LogP) is 15.7. The molecular weight excluding hydrogens is 685 g/mol. The highest BCUT2D eigenvalue weighted by Gasteiger charge is 2.49. The third-order valence-electron chi connectivity index (χ3n) is 15.0. The maximum absolute atomic E-state index is 10.8. The minimum Gasteiger partial charge on any atom is -0.390 e. The van der Waals surface area contributed by atoms with Gasteiger partial charge in [0.15, 0.2) is 0 Å². The number of allylic oxidation sites excluding steroid dienone is 7. The molecule has 0 aromatic heterocycles. The zero-order valence-corrected chi connectivity index (χ0v) is 38.8. The van der Waals surface area contributed by atoms with Crippen LogP contribution in [0.5, 0.6) is 0 Å². The molecule has 2 aliphatic carbocycles. The van der Waals surface area contributed by atoms with Gasteiger partial charge in [0, 0.05) is 5.92 Å². The molecule has 0 radical (unpaired) electrons. The van der Waals surface area contributed by atoms with Gasteiger partial charge >= 0.3 is 0 Å². The molecule has 1 N–H and O–H groups in total. The van der Waals surface area contributed by atoms with E-state index in [2.05, 4.69) is 93.5 Å². The second-order valence-corrected chi connectivity index (χ2v) is 20.6. The lowest BCUT2D eigenvalue weighted by atomic mass is 9.63. The number of rotatable bonds is 22. The summed E-state index contributed by atoms with van der Waals surface area (Å²) in [5.41, 5.74) is 8.86. The molecular formula is C53H90O3. The van der Waals surface area contributed by atoms with Crippen LogP contribution >= 0.6 is 0 Å². The monoisotopic (exact) mass is 775 g/mol. The summed E-state index contributed by atoms with van der Waals surface area (Å²) in [5.74, 6) is 2.22. The van der Waals surface area contributed by atoms with Crippen LogP contribution < -0.4 is 0 Å². The summed E-state index contributed by atoms with van der Waals surface area (Å²) < 4.78 is 14.7. The van der Waals surface area contributed by atoms with Gasteiger partial charge in [-0.1, -0.05) is 113 Å². The van der Waals surface area contributed by atoms with Crippen LogP contribution in [-0.2, 0) is 9.47 Å². The van der Waals surface area contributed by atoms with Gasteiger partial charge in [-0.25, -0.2) is 0 Å². The number of aliphatic hydroxyl groups is 1. The van der Waals surface area contributed by atoms with Gasteiger partial charge in [-0.15, -0.1) is 0 Å². The number of hydrogen-bond acceptors (Lipinski definition) is 3. The number of hydrogen-bond donors (Lipinski definition) is 1. The Kier molecular flexibility index (Phi) is 18.8. The standard InChI is InChI=1S/C53H90O3/c1-12-14-16-22-39(3)23-18-24-40(4)26-20-35-53(11)37-31-46-47(38-43(7)44(8)49(46)55-53)48-42(6)28-29-45-30-36-52(10,56-50(45)48)34-21-27-41(5)25-19-33-51(9,54)32-17-15-13-2/h22,26-27,29,42-44,48-50,54H,12-21,23-25,28,30-38H2,1-11H3/b39-22+,40-26+,41-27+. The molecule has 2 saturated heterocycles. The molecule has 0 bridgehead atoms. The summed E-state index contributed by atoms with van der Waals surface area (Å²) in [6.45, 7) is 25.8. The van der Waals surface area contributed by atoms with Gasteiger partial charge in [-0.2, -0.15) is 0 Å². The van der Waals surface area contributed by atoms with Crippen LogP contribution in [0.1, 0.15) is 224 Å². The highest BCUT2D eigenvalue weighted by Crippen LogP contribution is 2.53. The second-order valence-electron chi connectivity index (χ2n) is 20.6. The SMILES string of the molecule is CCCC/C=C(\C)CCC/C(C)=C/CCC1(C)CCC2=C(C3C(C)CC=C4CCC(C)(CC/C=C(\C)CCCC(C)(O)CCCCC)OC43)CC(C)C(C)C2O1. The minimum absolute atomic E-state index is 0.0544. The van der Waals surface area contributed by atoms with Crippen molar-refractivity contribution in [1.82, 2.24) is 0 Å². The van der Waals surface area contributed by atoms with Gasteiger partial charge in [-0.05, 0) is 186 Å². The van der Waals surface area contributed by atoms with E-state index in [-0.39, 0.29) is 23.4 Å². The van der Waals surface area contributed by atoms with Crippen LogP contribution in [0.15, 0.2) is 57.7 Å². The Morgan fingerprint density at radius 1 is 0.714 bits per heavy atom. The average Bonchev–Trinajstić information content (AvgIpc) is 3.13. The Morgan fingerprint density at radius 3 is 1.89 bits per heavy atom. The second kappa shape index (κ2) is 22.3. The van der Waals surface area contributed by atoms with Crippen molar-refractivity contribution in [1.29, 1.82) is 0 Å². The molecule has 9 atom stereocenters. The zero-order valence-electron chi connectivity index (χ0n) is 38.8. The van der Waals surface area contributed by atoms with Crippen LogP contribution in [0.2, 0.25) is 0 Å². The Balaban J connectivity index is 1.36. The molecule has 0 amide bonds. The lowest BCUT2D eigenvalue weighted by molar-refractivity contribution is -0.133. The molecule has 0 aromatic carbocycles. The molecule has 2 aliphatic heterocycles. The smallest absolute Gasteiger partial charge is 0.0860 e. The van der Waals surface area contributed by atoms with Gasteiger partial charge in [0.2, 0.25) is 0 Å². The molecule has 4 rings (SSSR count). The average molecular weight is 775 g/mol. The Labute approximate surface area is 347 Å². The summed E-state index contributed by atoms with van der Waals surface area (Å²) >= 11 is 0. The molecule has 2 fully saturated rings. The molecule has 0 spiro atoms. The van der Waals surface area contributed by atoms with E-state index >= 15 is 0 Å². The van der Waals surface area contributed by atoms with Crippen molar-refractivity contribution in [3.8, 4) is 0 Å². The highest BCUT2D eigenvalue weighted by molar-refractivity contribution is 5.34. The fourth-order valence-electron chi connectivity index (χ4n) is 10.6. The normalized spacial score (nSPS) is 32.9. The van der Waals surface area contributed by atoms with Crippen LogP contribution in [0.3, 0.4) is 0 Å². The van der Waals surface area contributed by atoms with E-state index < -0.39 is 5.60 Å². The van der Waals surface area contributed by atoms with Crippen LogP contribution in [0, 0.1) is 23.7 Å². The van der Waals surface area contributed by atoms with E-state index in [1.807, 2.05) is 6.92 Å². The largest absolute Gasteiger partial charge is 0.390 e. The van der Waals surface area contributed by atoms with Gasteiger partial charge in [0.1, 0.15) is 0 Å². The van der Waals surface area contributed by atoms with Gasteiger partial charge < -0.3 is 14.6 Å². The van der Waals surface area contributed by atoms with Crippen molar-refractivity contribution in [2.45, 2.75) is 253 Å². The van der Waals surface area contributed by atoms with E-state index in [1.165, 1.54) is 82.6 Å². The van der Waals surface area contributed by atoms with E-state index in [4.69, 9.17) is 9.47 Å². The number of ether oxygens (including phenoxy) is 2. The Morgan fingerprint density at radius 2 is 1.27 bits per heavy atom. The van der Waals surface area contributed by atoms with Crippen molar-refractivity contribution in [2.75, 3.05) is 0 Å². The summed E-state index contributed by atoms with van der Waals surface area (Å²) in [4.78, 5) is 0. The third-order valence-corrected chi connectivity index (χ3v) is 15.0. The van der Waals surface area contributed by atoms with Crippen LogP contribution in [0.4, 0.5) is 0 Å². The van der Waals surface area contributed by atoms with E-state index in [9.17, 15) is 5.11 Å². The maximum Gasteiger partial charge on any atom is 0.0860 e. The quantitative estimate of drug-likeness (QED) is 0.0879. The number of fused-ring (bicyclic) bond motifs is 2. The molecule has 9 unspecified atom stereocenters. The first-order chi connectivity index (χ1) is 26.6. The summed E-state index contributed by atoms with van der Waals surface area (Å²) in [5, 5.41) is 10.8. The Bertz CT molecular complexity index is 1370. The zero-order chi connectivity index (χ0) is 40.9. The maximum atomic E-state index is 10.8. The van der Waals surface area contributed by atoms with Crippen molar-refractivity contribution >= 4 is 0 Å². The lowest BCUT2D eigenvalue weighted by Crippen LogP contribution is -2.50. The lowest BCUT2D eigenvalue weighted by Gasteiger charge is -2.52. The van der Waals surface area contributed by atoms with Crippen molar-refractivity contribution in [2.24, 2.45) is 23.7 Å². The van der Waals surface area contributed by atoms with Crippen molar-refractivity contribution in [3.05, 3.63) is 57.7 Å². The molecule has 3 heteroatoms. The topological polar surface area (TPSA) is 38.7 Å². The first-order valence-electron chi connectivity index (χ1n) is 24.0. The van der Waals surface area contributed by atoms with Gasteiger partial charge in [0.05, 0.1) is 29.0 Å². The summed E-state index contributed by atoms with van der Waals surface area (Å²) in [6.07, 6.45) is 36.9. The molecule has 56 heavy (non-hydrogen) atoms. The summed E-state index contributed by atoms with van der Waals surface area (Å²) in [6, 6.07) is 0. The number of unbranched alkanes of at least 4 members (excludes halogenated alkanes) is 4. The first kappa shape index (κ1) is 47.3. The fraction of sp³-hybridized carbons (Fsp3) is 0.811. The van der Waals surface area contributed by atoms with E-state index in [1.54, 1.807) is 27.9 Å². The summed E-state index contributed by atoms with van der Waals surface area (Å²) in [7, 11) is 0. The van der Waals surface area contributed by atoms with E-state index in [0.717, 1.165) is 70.6 Å². The highest BCUT2D eigenvalue weighted by atomic mass is 16.5. The van der Waals surface area contributed by atoms with Crippen LogP contribution in [0.25, 0.3) is 0 Å². The molecule has 320 valence electrons. The van der Waals surface area contributed by atoms with Gasteiger partial charge in [0.25, 0.3) is 0 Å². The van der Waals surface area contributed by atoms with Gasteiger partial charge in [-0.3, -0.25) is 0 Å². The third kappa shape index (κ3) is 14.1. The van der Waals surface area contributed by atoms with Crippen molar-refractivity contribution < 1.29 is 14.6 Å². The van der Waals surface area contributed by atoms with E-state index in [0.29, 0.717) is 23.7 Å². The van der Waals surface area contributed by atoms with Crippen LogP contribution in [-0.4, -0.2) is 34.1 Å². The van der Waals surface area contributed by atoms with Crippen molar-refractivity contribution in [3.63, 3.8) is 0 Å². The molecule has 2 heterocycles. The minimum atomic E-state index is -0.521. The first-order valence-corrected chi connectivity index (χ1v) is 24.0. The molecule has 0 aromatic rings. The Hall–Kier alpha value is -1.42. The fourth-order valence-corrected chi connectivity index (χ4v) is 10.6.